The highest BCUT2D eigenvalue weighted by atomic mass is 16.5. The Kier molecular flexibility index (Phi) is 2.89. The molecule has 1 aromatic carbocycles. The number of piperazine rings is 1. The highest BCUT2D eigenvalue weighted by Gasteiger charge is 2.37. The predicted molar refractivity (Wildman–Crippen MR) is 68.9 cm³/mol. The van der Waals surface area contributed by atoms with E-state index >= 15 is 0 Å². The number of hydrogen-bond donors (Lipinski definition) is 1. The SMILES string of the molecule is CC1C(=O)NCCN1C(=O)C1COc2ccccc21. The standard InChI is InChI=1S/C14H16N2O3/c1-9-13(17)15-6-7-16(9)14(18)11-8-19-12-5-3-2-4-10(11)12/h2-5,9,11H,6-8H2,1H3,(H,15,17). The summed E-state index contributed by atoms with van der Waals surface area (Å²) in [4.78, 5) is 25.9. The van der Waals surface area contributed by atoms with Gasteiger partial charge in [-0.1, -0.05) is 18.2 Å². The van der Waals surface area contributed by atoms with Crippen LogP contribution in [0.15, 0.2) is 24.3 Å². The van der Waals surface area contributed by atoms with Crippen LogP contribution in [0.25, 0.3) is 0 Å². The van der Waals surface area contributed by atoms with Crippen molar-refractivity contribution in [3.63, 3.8) is 0 Å². The van der Waals surface area contributed by atoms with E-state index in [1.165, 1.54) is 0 Å². The molecule has 2 aliphatic heterocycles. The van der Waals surface area contributed by atoms with Crippen molar-refractivity contribution in [3.8, 4) is 5.75 Å². The summed E-state index contributed by atoms with van der Waals surface area (Å²) in [5.74, 6) is 0.374. The minimum absolute atomic E-state index is 0.0210. The molecule has 3 rings (SSSR count). The number of benzene rings is 1. The summed E-state index contributed by atoms with van der Waals surface area (Å²) in [6.07, 6.45) is 0. The van der Waals surface area contributed by atoms with E-state index in [-0.39, 0.29) is 17.7 Å². The van der Waals surface area contributed by atoms with Crippen molar-refractivity contribution in [2.75, 3.05) is 19.7 Å². The number of carbonyl (C=O) groups is 2. The van der Waals surface area contributed by atoms with Crippen molar-refractivity contribution in [2.45, 2.75) is 18.9 Å². The van der Waals surface area contributed by atoms with E-state index in [1.807, 2.05) is 24.3 Å². The number of amides is 2. The first kappa shape index (κ1) is 12.0. The molecule has 2 aliphatic rings. The van der Waals surface area contributed by atoms with Gasteiger partial charge in [0, 0.05) is 18.7 Å². The summed E-state index contributed by atoms with van der Waals surface area (Å²) in [6, 6.07) is 7.17. The van der Waals surface area contributed by atoms with Crippen molar-refractivity contribution in [3.05, 3.63) is 29.8 Å². The maximum absolute atomic E-state index is 12.6. The molecular formula is C14H16N2O3. The number of para-hydroxylation sites is 1. The van der Waals surface area contributed by atoms with Gasteiger partial charge >= 0.3 is 0 Å². The number of rotatable bonds is 1. The van der Waals surface area contributed by atoms with E-state index in [0.29, 0.717) is 19.7 Å². The molecule has 0 saturated carbocycles. The normalized spacial score (nSPS) is 25.5. The number of hydrogen-bond acceptors (Lipinski definition) is 3. The topological polar surface area (TPSA) is 58.6 Å². The van der Waals surface area contributed by atoms with Crippen molar-refractivity contribution >= 4 is 11.8 Å². The van der Waals surface area contributed by atoms with E-state index in [0.717, 1.165) is 11.3 Å². The van der Waals surface area contributed by atoms with E-state index in [4.69, 9.17) is 4.74 Å². The summed E-state index contributed by atoms with van der Waals surface area (Å²) < 4.78 is 5.54. The lowest BCUT2D eigenvalue weighted by Gasteiger charge is -2.34. The van der Waals surface area contributed by atoms with Gasteiger partial charge in [0.1, 0.15) is 24.3 Å². The molecule has 0 aromatic heterocycles. The Balaban J connectivity index is 1.84. The number of carbonyl (C=O) groups excluding carboxylic acids is 2. The zero-order chi connectivity index (χ0) is 13.4. The van der Waals surface area contributed by atoms with Gasteiger partial charge in [0.05, 0.1) is 0 Å². The average molecular weight is 260 g/mol. The summed E-state index contributed by atoms with van der Waals surface area (Å²) in [5, 5.41) is 2.76. The molecule has 2 unspecified atom stereocenters. The van der Waals surface area contributed by atoms with E-state index in [2.05, 4.69) is 5.32 Å². The molecule has 2 amide bonds. The Morgan fingerprint density at radius 2 is 2.21 bits per heavy atom. The van der Waals surface area contributed by atoms with E-state index in [1.54, 1.807) is 11.8 Å². The minimum atomic E-state index is -0.408. The minimum Gasteiger partial charge on any atom is -0.492 e. The highest BCUT2D eigenvalue weighted by Crippen LogP contribution is 2.35. The Morgan fingerprint density at radius 1 is 1.42 bits per heavy atom. The first-order valence-electron chi connectivity index (χ1n) is 6.48. The van der Waals surface area contributed by atoms with Gasteiger partial charge < -0.3 is 15.0 Å². The van der Waals surface area contributed by atoms with Crippen LogP contribution >= 0.6 is 0 Å². The molecule has 19 heavy (non-hydrogen) atoms. The van der Waals surface area contributed by atoms with E-state index in [9.17, 15) is 9.59 Å². The Hall–Kier alpha value is -2.04. The summed E-state index contributed by atoms with van der Waals surface area (Å²) >= 11 is 0. The van der Waals surface area contributed by atoms with Crippen molar-refractivity contribution < 1.29 is 14.3 Å². The maximum atomic E-state index is 12.6. The van der Waals surface area contributed by atoms with Crippen LogP contribution in [0.2, 0.25) is 0 Å². The zero-order valence-corrected chi connectivity index (χ0v) is 10.8. The first-order valence-corrected chi connectivity index (χ1v) is 6.48. The van der Waals surface area contributed by atoms with Gasteiger partial charge in [-0.15, -0.1) is 0 Å². The van der Waals surface area contributed by atoms with Crippen molar-refractivity contribution in [1.82, 2.24) is 10.2 Å². The smallest absolute Gasteiger partial charge is 0.242 e. The number of nitrogens with zero attached hydrogens (tertiary/aromatic N) is 1. The lowest BCUT2D eigenvalue weighted by atomic mass is 9.98. The largest absolute Gasteiger partial charge is 0.492 e. The molecule has 2 heterocycles. The van der Waals surface area contributed by atoms with Gasteiger partial charge in [0.15, 0.2) is 0 Å². The Bertz CT molecular complexity index is 529. The van der Waals surface area contributed by atoms with Crippen LogP contribution in [0, 0.1) is 0 Å². The fourth-order valence-corrected chi connectivity index (χ4v) is 2.65. The molecule has 100 valence electrons. The first-order chi connectivity index (χ1) is 9.18. The molecule has 0 bridgehead atoms. The molecule has 0 radical (unpaired) electrons. The molecule has 1 fully saturated rings. The van der Waals surface area contributed by atoms with Crippen LogP contribution in [-0.4, -0.2) is 42.5 Å². The van der Waals surface area contributed by atoms with Crippen LogP contribution in [-0.2, 0) is 9.59 Å². The number of fused-ring (bicyclic) bond motifs is 1. The third-order valence-electron chi connectivity index (χ3n) is 3.78. The highest BCUT2D eigenvalue weighted by molar-refractivity contribution is 5.92. The van der Waals surface area contributed by atoms with Gasteiger partial charge in [-0.3, -0.25) is 9.59 Å². The molecule has 1 N–H and O–H groups in total. The van der Waals surface area contributed by atoms with Crippen LogP contribution in [0.4, 0.5) is 0 Å². The number of nitrogens with one attached hydrogen (secondary N) is 1. The van der Waals surface area contributed by atoms with Gasteiger partial charge in [-0.25, -0.2) is 0 Å². The van der Waals surface area contributed by atoms with Gasteiger partial charge in [-0.2, -0.15) is 0 Å². The Labute approximate surface area is 111 Å². The van der Waals surface area contributed by atoms with Gasteiger partial charge in [-0.05, 0) is 13.0 Å². The fourth-order valence-electron chi connectivity index (χ4n) is 2.65. The zero-order valence-electron chi connectivity index (χ0n) is 10.8. The maximum Gasteiger partial charge on any atom is 0.242 e. The second-order valence-electron chi connectivity index (χ2n) is 4.90. The fraction of sp³-hybridized carbons (Fsp3) is 0.429. The molecule has 5 nitrogen and oxygen atoms in total. The quantitative estimate of drug-likeness (QED) is 0.800. The molecule has 1 saturated heterocycles. The summed E-state index contributed by atoms with van der Waals surface area (Å²) in [7, 11) is 0. The summed E-state index contributed by atoms with van der Waals surface area (Å²) in [5.41, 5.74) is 0.922. The molecule has 0 spiro atoms. The predicted octanol–water partition coefficient (Wildman–Crippen LogP) is 0.510. The number of ether oxygens (including phenoxy) is 1. The second-order valence-corrected chi connectivity index (χ2v) is 4.90. The average Bonchev–Trinajstić information content (AvgIpc) is 2.85. The monoisotopic (exact) mass is 260 g/mol. The molecule has 2 atom stereocenters. The van der Waals surface area contributed by atoms with Crippen LogP contribution in [0.3, 0.4) is 0 Å². The van der Waals surface area contributed by atoms with Gasteiger partial charge in [0.2, 0.25) is 11.8 Å². The van der Waals surface area contributed by atoms with Crippen LogP contribution < -0.4 is 10.1 Å². The van der Waals surface area contributed by atoms with Crippen molar-refractivity contribution in [1.29, 1.82) is 0 Å². The van der Waals surface area contributed by atoms with Crippen LogP contribution in [0.1, 0.15) is 18.4 Å². The molecule has 5 heteroatoms. The molecular weight excluding hydrogens is 244 g/mol. The van der Waals surface area contributed by atoms with Crippen molar-refractivity contribution in [2.24, 2.45) is 0 Å². The molecule has 0 aliphatic carbocycles. The van der Waals surface area contributed by atoms with Crippen LogP contribution in [0.5, 0.6) is 5.75 Å². The molecule has 1 aromatic rings. The summed E-state index contributed by atoms with van der Waals surface area (Å²) in [6.45, 7) is 3.20. The Morgan fingerprint density at radius 3 is 3.05 bits per heavy atom. The van der Waals surface area contributed by atoms with E-state index < -0.39 is 6.04 Å². The van der Waals surface area contributed by atoms with Gasteiger partial charge in [0.25, 0.3) is 0 Å². The third kappa shape index (κ3) is 1.95. The lowest BCUT2D eigenvalue weighted by Crippen LogP contribution is -2.56. The lowest BCUT2D eigenvalue weighted by molar-refractivity contribution is -0.143. The third-order valence-corrected chi connectivity index (χ3v) is 3.78. The second kappa shape index (κ2) is 4.57.